The summed E-state index contributed by atoms with van der Waals surface area (Å²) in [5.41, 5.74) is 2.14. The van der Waals surface area contributed by atoms with Gasteiger partial charge in [-0.2, -0.15) is 12.6 Å². The molecule has 0 aliphatic rings. The van der Waals surface area contributed by atoms with Crippen LogP contribution in [0.5, 0.6) is 0 Å². The van der Waals surface area contributed by atoms with Gasteiger partial charge in [-0.1, -0.05) is 43.9 Å². The Kier molecular flexibility index (Phi) is 9.35. The molecule has 0 N–H and O–H groups in total. The maximum atomic E-state index is 4.45. The van der Waals surface area contributed by atoms with E-state index in [0.29, 0.717) is 0 Å². The Morgan fingerprint density at radius 3 is 2.00 bits per heavy atom. The predicted molar refractivity (Wildman–Crippen MR) is 88.4 cm³/mol. The number of aryl methyl sites for hydroxylation is 2. The van der Waals surface area contributed by atoms with Gasteiger partial charge in [0.15, 0.2) is 5.16 Å². The summed E-state index contributed by atoms with van der Waals surface area (Å²) in [6.45, 7) is 4.06. The summed E-state index contributed by atoms with van der Waals surface area (Å²) in [4.78, 5) is 8.89. The van der Waals surface area contributed by atoms with Crippen molar-refractivity contribution in [3.05, 3.63) is 17.5 Å². The van der Waals surface area contributed by atoms with E-state index in [0.717, 1.165) is 28.0 Å². The van der Waals surface area contributed by atoms with Crippen LogP contribution < -0.4 is 0 Å². The number of aromatic nitrogens is 2. The first-order chi connectivity index (χ1) is 9.22. The van der Waals surface area contributed by atoms with Gasteiger partial charge >= 0.3 is 0 Å². The highest BCUT2D eigenvalue weighted by Crippen LogP contribution is 2.17. The van der Waals surface area contributed by atoms with Crippen LogP contribution in [0.25, 0.3) is 0 Å². The van der Waals surface area contributed by atoms with Crippen molar-refractivity contribution in [2.24, 2.45) is 0 Å². The second kappa shape index (κ2) is 10.6. The van der Waals surface area contributed by atoms with E-state index in [1.54, 1.807) is 11.8 Å². The van der Waals surface area contributed by atoms with E-state index in [9.17, 15) is 0 Å². The SMILES string of the molecule is Cc1cc(C)nc(SCCCCCCCCCS)n1. The van der Waals surface area contributed by atoms with E-state index in [4.69, 9.17) is 0 Å². The molecule has 1 aromatic rings. The van der Waals surface area contributed by atoms with E-state index >= 15 is 0 Å². The van der Waals surface area contributed by atoms with Gasteiger partial charge in [0.25, 0.3) is 0 Å². The molecule has 0 aromatic carbocycles. The molecule has 1 heterocycles. The van der Waals surface area contributed by atoms with Crippen molar-refractivity contribution in [3.8, 4) is 0 Å². The van der Waals surface area contributed by atoms with Gasteiger partial charge in [-0.25, -0.2) is 9.97 Å². The maximum absolute atomic E-state index is 4.45. The molecule has 0 bridgehead atoms. The van der Waals surface area contributed by atoms with Crippen LogP contribution in [0, 0.1) is 13.8 Å². The molecule has 0 amide bonds. The van der Waals surface area contributed by atoms with Gasteiger partial charge in [0.05, 0.1) is 0 Å². The molecule has 0 atom stereocenters. The normalized spacial score (nSPS) is 10.9. The van der Waals surface area contributed by atoms with E-state index in [1.165, 1.54) is 44.9 Å². The molecule has 0 saturated heterocycles. The minimum Gasteiger partial charge on any atom is -0.228 e. The zero-order valence-electron chi connectivity index (χ0n) is 12.2. The Labute approximate surface area is 127 Å². The van der Waals surface area contributed by atoms with Crippen molar-refractivity contribution in [3.63, 3.8) is 0 Å². The summed E-state index contributed by atoms with van der Waals surface area (Å²) in [5.74, 6) is 2.17. The Morgan fingerprint density at radius 1 is 0.895 bits per heavy atom. The fourth-order valence-corrected chi connectivity index (χ4v) is 3.19. The summed E-state index contributed by atoms with van der Waals surface area (Å²) in [7, 11) is 0. The van der Waals surface area contributed by atoms with Gasteiger partial charge in [0.2, 0.25) is 0 Å². The Balaban J connectivity index is 2.01. The number of thioether (sulfide) groups is 1. The summed E-state index contributed by atoms with van der Waals surface area (Å²) in [5, 5.41) is 0.936. The molecule has 1 aromatic heterocycles. The van der Waals surface area contributed by atoms with Crippen LogP contribution in [0.3, 0.4) is 0 Å². The molecule has 0 saturated carbocycles. The lowest BCUT2D eigenvalue weighted by Gasteiger charge is -2.03. The molecule has 0 aliphatic heterocycles. The molecule has 2 nitrogen and oxygen atoms in total. The molecular formula is C15H26N2S2. The highest BCUT2D eigenvalue weighted by atomic mass is 32.2. The molecule has 0 radical (unpaired) electrons. The zero-order valence-corrected chi connectivity index (χ0v) is 13.9. The van der Waals surface area contributed by atoms with Crippen LogP contribution in [-0.4, -0.2) is 21.5 Å². The number of nitrogens with zero attached hydrogens (tertiary/aromatic N) is 2. The van der Waals surface area contributed by atoms with Crippen LogP contribution >= 0.6 is 24.4 Å². The molecule has 0 unspecified atom stereocenters. The zero-order chi connectivity index (χ0) is 13.9. The van der Waals surface area contributed by atoms with Crippen molar-refractivity contribution in [2.75, 3.05) is 11.5 Å². The summed E-state index contributed by atoms with van der Waals surface area (Å²) < 4.78 is 0. The van der Waals surface area contributed by atoms with Crippen molar-refractivity contribution in [2.45, 2.75) is 63.9 Å². The highest BCUT2D eigenvalue weighted by Gasteiger charge is 2.00. The van der Waals surface area contributed by atoms with Gasteiger partial charge < -0.3 is 0 Å². The van der Waals surface area contributed by atoms with Crippen LogP contribution in [0.15, 0.2) is 11.2 Å². The Hall–Kier alpha value is -0.220. The topological polar surface area (TPSA) is 25.8 Å². The molecule has 0 fully saturated rings. The van der Waals surface area contributed by atoms with Crippen LogP contribution in [-0.2, 0) is 0 Å². The Bertz CT molecular complexity index is 336. The van der Waals surface area contributed by atoms with E-state index < -0.39 is 0 Å². The molecule has 1 rings (SSSR count). The number of rotatable bonds is 10. The molecule has 4 heteroatoms. The van der Waals surface area contributed by atoms with Gasteiger partial charge in [0.1, 0.15) is 0 Å². The van der Waals surface area contributed by atoms with E-state index in [2.05, 4.69) is 22.6 Å². The van der Waals surface area contributed by atoms with Gasteiger partial charge in [-0.05, 0) is 38.5 Å². The summed E-state index contributed by atoms with van der Waals surface area (Å²) >= 11 is 6.01. The van der Waals surface area contributed by atoms with Crippen molar-refractivity contribution in [1.29, 1.82) is 0 Å². The molecule has 0 aliphatic carbocycles. The van der Waals surface area contributed by atoms with Crippen molar-refractivity contribution < 1.29 is 0 Å². The summed E-state index contributed by atoms with van der Waals surface area (Å²) in [6, 6.07) is 2.02. The smallest absolute Gasteiger partial charge is 0.187 e. The van der Waals surface area contributed by atoms with Gasteiger partial charge in [-0.15, -0.1) is 0 Å². The standard InChI is InChI=1S/C15H26N2S2/c1-13-12-14(2)17-15(16-13)19-11-9-7-5-3-4-6-8-10-18/h12,18H,3-11H2,1-2H3. The van der Waals surface area contributed by atoms with Crippen LogP contribution in [0.1, 0.15) is 56.3 Å². The van der Waals surface area contributed by atoms with Gasteiger partial charge in [0, 0.05) is 17.1 Å². The highest BCUT2D eigenvalue weighted by molar-refractivity contribution is 7.99. The average Bonchev–Trinajstić information content (AvgIpc) is 2.36. The molecule has 19 heavy (non-hydrogen) atoms. The van der Waals surface area contributed by atoms with Crippen LogP contribution in [0.2, 0.25) is 0 Å². The van der Waals surface area contributed by atoms with E-state index in [-0.39, 0.29) is 0 Å². The monoisotopic (exact) mass is 298 g/mol. The average molecular weight is 299 g/mol. The minimum absolute atomic E-state index is 0.936. The first-order valence-corrected chi connectivity index (χ1v) is 8.90. The van der Waals surface area contributed by atoms with Crippen LogP contribution in [0.4, 0.5) is 0 Å². The number of thiol groups is 1. The lowest BCUT2D eigenvalue weighted by molar-refractivity contribution is 0.605. The number of unbranched alkanes of at least 4 members (excludes halogenated alkanes) is 6. The second-order valence-electron chi connectivity index (χ2n) is 4.98. The summed E-state index contributed by atoms with van der Waals surface area (Å²) in [6.07, 6.45) is 9.32. The largest absolute Gasteiger partial charge is 0.228 e. The van der Waals surface area contributed by atoms with Crippen molar-refractivity contribution in [1.82, 2.24) is 9.97 Å². The minimum atomic E-state index is 0.936. The first-order valence-electron chi connectivity index (χ1n) is 7.28. The third kappa shape index (κ3) is 8.53. The third-order valence-electron chi connectivity index (χ3n) is 3.00. The fraction of sp³-hybridized carbons (Fsp3) is 0.733. The first kappa shape index (κ1) is 16.8. The third-order valence-corrected chi connectivity index (χ3v) is 4.25. The molecule has 108 valence electrons. The van der Waals surface area contributed by atoms with Crippen molar-refractivity contribution >= 4 is 24.4 Å². The maximum Gasteiger partial charge on any atom is 0.187 e. The Morgan fingerprint density at radius 2 is 1.42 bits per heavy atom. The second-order valence-corrected chi connectivity index (χ2v) is 6.49. The van der Waals surface area contributed by atoms with E-state index in [1.807, 2.05) is 19.9 Å². The molecular weight excluding hydrogens is 272 g/mol. The molecule has 0 spiro atoms. The number of hydrogen-bond acceptors (Lipinski definition) is 4. The van der Waals surface area contributed by atoms with Gasteiger partial charge in [-0.3, -0.25) is 0 Å². The fourth-order valence-electron chi connectivity index (χ4n) is 2.02. The number of hydrogen-bond donors (Lipinski definition) is 1. The lowest BCUT2D eigenvalue weighted by Crippen LogP contribution is -1.93. The predicted octanol–water partition coefficient (Wildman–Crippen LogP) is 4.85. The lowest BCUT2D eigenvalue weighted by atomic mass is 10.1. The quantitative estimate of drug-likeness (QED) is 0.289.